The molecular formula is C14H21BrO. The molecule has 0 bridgehead atoms. The molecule has 0 saturated heterocycles. The Morgan fingerprint density at radius 2 is 1.88 bits per heavy atom. The molecule has 0 heterocycles. The summed E-state index contributed by atoms with van der Waals surface area (Å²) in [5.41, 5.74) is 0.278. The van der Waals surface area contributed by atoms with E-state index in [1.165, 1.54) is 19.3 Å². The molecule has 1 rings (SSSR count). The summed E-state index contributed by atoms with van der Waals surface area (Å²) in [5, 5.41) is 10.4. The van der Waals surface area contributed by atoms with Crippen molar-refractivity contribution < 1.29 is 5.11 Å². The SMILES string of the molecule is CCCCCCC(C)(O)c1ccccc1Br. The summed E-state index contributed by atoms with van der Waals surface area (Å²) in [7, 11) is 0. The number of aliphatic hydroxyl groups is 1. The van der Waals surface area contributed by atoms with Gasteiger partial charge in [-0.3, -0.25) is 0 Å². The van der Waals surface area contributed by atoms with Gasteiger partial charge in [-0.2, -0.15) is 0 Å². The molecule has 1 unspecified atom stereocenters. The molecule has 90 valence electrons. The van der Waals surface area contributed by atoms with Crippen molar-refractivity contribution in [3.8, 4) is 0 Å². The van der Waals surface area contributed by atoms with E-state index in [1.807, 2.05) is 31.2 Å². The zero-order valence-corrected chi connectivity index (χ0v) is 11.8. The number of hydrogen-bond acceptors (Lipinski definition) is 1. The minimum atomic E-state index is -0.714. The number of benzene rings is 1. The summed E-state index contributed by atoms with van der Waals surface area (Å²) < 4.78 is 0.996. The van der Waals surface area contributed by atoms with E-state index in [2.05, 4.69) is 22.9 Å². The molecule has 0 aliphatic heterocycles. The van der Waals surface area contributed by atoms with Crippen LogP contribution in [0.1, 0.15) is 51.5 Å². The third-order valence-electron chi connectivity index (χ3n) is 2.97. The van der Waals surface area contributed by atoms with Crippen LogP contribution in [0, 0.1) is 0 Å². The summed E-state index contributed by atoms with van der Waals surface area (Å²) in [5.74, 6) is 0. The fourth-order valence-corrected chi connectivity index (χ4v) is 2.64. The van der Waals surface area contributed by atoms with E-state index in [9.17, 15) is 5.11 Å². The van der Waals surface area contributed by atoms with Gasteiger partial charge in [-0.15, -0.1) is 0 Å². The Hall–Kier alpha value is -0.340. The summed E-state index contributed by atoms with van der Waals surface area (Å²) in [4.78, 5) is 0. The molecule has 0 saturated carbocycles. The molecule has 1 atom stereocenters. The molecule has 1 aromatic rings. The number of halogens is 1. The standard InChI is InChI=1S/C14H21BrO/c1-3-4-5-8-11-14(2,16)12-9-6-7-10-13(12)15/h6-7,9-10,16H,3-5,8,11H2,1-2H3. The third-order valence-corrected chi connectivity index (χ3v) is 3.66. The van der Waals surface area contributed by atoms with Crippen LogP contribution in [-0.2, 0) is 5.60 Å². The van der Waals surface area contributed by atoms with Crippen molar-refractivity contribution in [2.24, 2.45) is 0 Å². The molecule has 16 heavy (non-hydrogen) atoms. The van der Waals surface area contributed by atoms with Crippen molar-refractivity contribution in [3.05, 3.63) is 34.3 Å². The van der Waals surface area contributed by atoms with Gasteiger partial charge in [0.1, 0.15) is 0 Å². The predicted molar refractivity (Wildman–Crippen MR) is 72.5 cm³/mol. The highest BCUT2D eigenvalue weighted by Crippen LogP contribution is 2.32. The molecular weight excluding hydrogens is 264 g/mol. The van der Waals surface area contributed by atoms with Gasteiger partial charge in [0.05, 0.1) is 5.60 Å². The van der Waals surface area contributed by atoms with Gasteiger partial charge in [-0.25, -0.2) is 0 Å². The van der Waals surface area contributed by atoms with Crippen molar-refractivity contribution in [2.75, 3.05) is 0 Å². The maximum absolute atomic E-state index is 10.4. The summed E-state index contributed by atoms with van der Waals surface area (Å²) in [6.07, 6.45) is 5.61. The molecule has 0 spiro atoms. The highest BCUT2D eigenvalue weighted by atomic mass is 79.9. The van der Waals surface area contributed by atoms with E-state index >= 15 is 0 Å². The molecule has 2 heteroatoms. The lowest BCUT2D eigenvalue weighted by molar-refractivity contribution is 0.0441. The van der Waals surface area contributed by atoms with Gasteiger partial charge < -0.3 is 5.11 Å². The molecule has 0 aromatic heterocycles. The van der Waals surface area contributed by atoms with Gasteiger partial charge in [0.15, 0.2) is 0 Å². The largest absolute Gasteiger partial charge is 0.385 e. The van der Waals surface area contributed by atoms with E-state index in [-0.39, 0.29) is 0 Å². The van der Waals surface area contributed by atoms with Crippen LogP contribution in [0.2, 0.25) is 0 Å². The summed E-state index contributed by atoms with van der Waals surface area (Å²) in [6.45, 7) is 4.10. The Morgan fingerprint density at radius 1 is 1.19 bits per heavy atom. The second kappa shape index (κ2) is 6.41. The van der Waals surface area contributed by atoms with Gasteiger partial charge in [0.25, 0.3) is 0 Å². The first kappa shape index (κ1) is 13.7. The smallest absolute Gasteiger partial charge is 0.0879 e. The molecule has 0 aliphatic rings. The van der Waals surface area contributed by atoms with Crippen LogP contribution >= 0.6 is 15.9 Å². The second-order valence-electron chi connectivity index (χ2n) is 4.56. The molecule has 1 nitrogen and oxygen atoms in total. The zero-order chi connectivity index (χ0) is 12.0. The van der Waals surface area contributed by atoms with Gasteiger partial charge in [0, 0.05) is 4.47 Å². The lowest BCUT2D eigenvalue weighted by Crippen LogP contribution is -2.21. The maximum Gasteiger partial charge on any atom is 0.0879 e. The average molecular weight is 285 g/mol. The first-order valence-electron chi connectivity index (χ1n) is 6.05. The fraction of sp³-hybridized carbons (Fsp3) is 0.571. The average Bonchev–Trinajstić information content (AvgIpc) is 2.25. The fourth-order valence-electron chi connectivity index (χ4n) is 1.93. The lowest BCUT2D eigenvalue weighted by atomic mass is 9.90. The van der Waals surface area contributed by atoms with Crippen molar-refractivity contribution in [1.82, 2.24) is 0 Å². The predicted octanol–water partition coefficient (Wildman–Crippen LogP) is 4.63. The first-order valence-corrected chi connectivity index (χ1v) is 6.84. The van der Waals surface area contributed by atoms with Crippen LogP contribution in [0.15, 0.2) is 28.7 Å². The Morgan fingerprint density at radius 3 is 2.50 bits per heavy atom. The molecule has 0 fully saturated rings. The normalized spacial score (nSPS) is 14.8. The number of unbranched alkanes of at least 4 members (excludes halogenated alkanes) is 3. The maximum atomic E-state index is 10.4. The van der Waals surface area contributed by atoms with Crippen molar-refractivity contribution in [3.63, 3.8) is 0 Å². The highest BCUT2D eigenvalue weighted by molar-refractivity contribution is 9.10. The number of rotatable bonds is 6. The van der Waals surface area contributed by atoms with Crippen molar-refractivity contribution >= 4 is 15.9 Å². The highest BCUT2D eigenvalue weighted by Gasteiger charge is 2.24. The van der Waals surface area contributed by atoms with Crippen LogP contribution in [0.4, 0.5) is 0 Å². The van der Waals surface area contributed by atoms with E-state index < -0.39 is 5.60 Å². The summed E-state index contributed by atoms with van der Waals surface area (Å²) in [6, 6.07) is 7.92. The van der Waals surface area contributed by atoms with E-state index in [4.69, 9.17) is 0 Å². The van der Waals surface area contributed by atoms with Crippen LogP contribution in [0.25, 0.3) is 0 Å². The van der Waals surface area contributed by atoms with Crippen molar-refractivity contribution in [2.45, 2.75) is 51.6 Å². The minimum absolute atomic E-state index is 0.714. The second-order valence-corrected chi connectivity index (χ2v) is 5.42. The third kappa shape index (κ3) is 3.91. The molecule has 0 aliphatic carbocycles. The van der Waals surface area contributed by atoms with Crippen LogP contribution in [0.3, 0.4) is 0 Å². The van der Waals surface area contributed by atoms with Crippen LogP contribution < -0.4 is 0 Å². The Kier molecular flexibility index (Phi) is 5.50. The zero-order valence-electron chi connectivity index (χ0n) is 10.2. The van der Waals surface area contributed by atoms with Crippen LogP contribution in [-0.4, -0.2) is 5.11 Å². The Bertz CT molecular complexity index is 320. The van der Waals surface area contributed by atoms with Crippen LogP contribution in [0.5, 0.6) is 0 Å². The molecule has 1 N–H and O–H groups in total. The molecule has 0 radical (unpaired) electrons. The van der Waals surface area contributed by atoms with E-state index in [0.29, 0.717) is 0 Å². The minimum Gasteiger partial charge on any atom is -0.385 e. The monoisotopic (exact) mass is 284 g/mol. The lowest BCUT2D eigenvalue weighted by Gasteiger charge is -2.25. The Balaban J connectivity index is 2.59. The van der Waals surface area contributed by atoms with Gasteiger partial charge in [-0.05, 0) is 25.0 Å². The van der Waals surface area contributed by atoms with E-state index in [1.54, 1.807) is 0 Å². The van der Waals surface area contributed by atoms with Crippen molar-refractivity contribution in [1.29, 1.82) is 0 Å². The number of hydrogen-bond donors (Lipinski definition) is 1. The summed E-state index contributed by atoms with van der Waals surface area (Å²) >= 11 is 3.49. The molecule has 0 amide bonds. The topological polar surface area (TPSA) is 20.2 Å². The first-order chi connectivity index (χ1) is 7.58. The quantitative estimate of drug-likeness (QED) is 0.756. The Labute approximate surface area is 107 Å². The van der Waals surface area contributed by atoms with E-state index in [0.717, 1.165) is 22.9 Å². The van der Waals surface area contributed by atoms with Gasteiger partial charge in [0.2, 0.25) is 0 Å². The molecule has 1 aromatic carbocycles. The van der Waals surface area contributed by atoms with Gasteiger partial charge >= 0.3 is 0 Å². The van der Waals surface area contributed by atoms with Gasteiger partial charge in [-0.1, -0.05) is 66.7 Å².